The zero-order valence-corrected chi connectivity index (χ0v) is 14.8. The molecule has 0 atom stereocenters. The standard InChI is InChI=1S/C13H15ClN2.C5H10O2/c14-13-9-10(3-6-15)1-2-12(13)11-4-7-16-8-5-11;1-5(2,3)7-4-6/h1-2,9,11,16H,3-5,7-8H2;4H,1-3H3. The van der Waals surface area contributed by atoms with Crippen LogP contribution in [0.1, 0.15) is 50.7 Å². The second kappa shape index (κ2) is 9.54. The van der Waals surface area contributed by atoms with Crippen LogP contribution >= 0.6 is 11.6 Å². The summed E-state index contributed by atoms with van der Waals surface area (Å²) < 4.78 is 4.55. The van der Waals surface area contributed by atoms with Gasteiger partial charge in [0, 0.05) is 5.02 Å². The Hall–Kier alpha value is -1.57. The van der Waals surface area contributed by atoms with Crippen molar-refractivity contribution in [2.75, 3.05) is 13.1 Å². The summed E-state index contributed by atoms with van der Waals surface area (Å²) in [4.78, 5) is 9.60. The first-order chi connectivity index (χ1) is 10.9. The van der Waals surface area contributed by atoms with Crippen LogP contribution in [-0.2, 0) is 16.0 Å². The number of carbonyl (C=O) groups is 1. The van der Waals surface area contributed by atoms with Gasteiger partial charge in [-0.3, -0.25) is 4.79 Å². The zero-order chi connectivity index (χ0) is 17.3. The summed E-state index contributed by atoms with van der Waals surface area (Å²) in [5, 5.41) is 12.8. The van der Waals surface area contributed by atoms with Crippen molar-refractivity contribution in [3.63, 3.8) is 0 Å². The van der Waals surface area contributed by atoms with Crippen LogP contribution in [-0.4, -0.2) is 25.2 Å². The van der Waals surface area contributed by atoms with Crippen LogP contribution in [0.4, 0.5) is 0 Å². The van der Waals surface area contributed by atoms with Crippen molar-refractivity contribution in [1.29, 1.82) is 5.26 Å². The number of nitriles is 1. The van der Waals surface area contributed by atoms with Gasteiger partial charge in [-0.15, -0.1) is 0 Å². The molecule has 1 aliphatic heterocycles. The third kappa shape index (κ3) is 7.49. The molecule has 0 aromatic heterocycles. The number of hydrogen-bond acceptors (Lipinski definition) is 4. The first kappa shape index (κ1) is 19.5. The van der Waals surface area contributed by atoms with Gasteiger partial charge in [-0.25, -0.2) is 0 Å². The van der Waals surface area contributed by atoms with E-state index < -0.39 is 0 Å². The van der Waals surface area contributed by atoms with Crippen LogP contribution in [0, 0.1) is 11.3 Å². The lowest BCUT2D eigenvalue weighted by atomic mass is 9.89. The van der Waals surface area contributed by atoms with Crippen LogP contribution < -0.4 is 5.32 Å². The fourth-order valence-corrected chi connectivity index (χ4v) is 2.74. The zero-order valence-electron chi connectivity index (χ0n) is 14.1. The Balaban J connectivity index is 0.000000322. The van der Waals surface area contributed by atoms with Crippen LogP contribution in [0.15, 0.2) is 18.2 Å². The second-order valence-corrected chi connectivity index (χ2v) is 6.95. The topological polar surface area (TPSA) is 62.1 Å². The lowest BCUT2D eigenvalue weighted by Crippen LogP contribution is -2.26. The maximum atomic E-state index is 9.60. The molecule has 0 spiro atoms. The van der Waals surface area contributed by atoms with Gasteiger partial charge in [0.2, 0.25) is 0 Å². The van der Waals surface area contributed by atoms with E-state index in [1.54, 1.807) is 0 Å². The van der Waals surface area contributed by atoms with E-state index in [0.29, 0.717) is 18.8 Å². The maximum Gasteiger partial charge on any atom is 0.293 e. The molecule has 1 aromatic rings. The van der Waals surface area contributed by atoms with E-state index in [9.17, 15) is 4.79 Å². The molecule has 1 N–H and O–H groups in total. The summed E-state index contributed by atoms with van der Waals surface area (Å²) >= 11 is 6.27. The largest absolute Gasteiger partial charge is 0.462 e. The third-order valence-electron chi connectivity index (χ3n) is 3.53. The molecule has 0 amide bonds. The van der Waals surface area contributed by atoms with E-state index in [1.165, 1.54) is 5.56 Å². The molecule has 1 aliphatic rings. The Morgan fingerprint density at radius 3 is 2.48 bits per heavy atom. The van der Waals surface area contributed by atoms with Crippen molar-refractivity contribution < 1.29 is 9.53 Å². The summed E-state index contributed by atoms with van der Waals surface area (Å²) in [6.07, 6.45) is 2.74. The average Bonchev–Trinajstić information content (AvgIpc) is 2.48. The number of nitrogens with one attached hydrogen (secondary N) is 1. The summed E-state index contributed by atoms with van der Waals surface area (Å²) in [5.74, 6) is 0.574. The number of nitrogens with zero attached hydrogens (tertiary/aromatic N) is 1. The molecule has 1 saturated heterocycles. The minimum absolute atomic E-state index is 0.318. The Morgan fingerprint density at radius 1 is 1.39 bits per heavy atom. The van der Waals surface area contributed by atoms with Gasteiger partial charge in [0.25, 0.3) is 6.47 Å². The van der Waals surface area contributed by atoms with Crippen LogP contribution in [0.2, 0.25) is 5.02 Å². The number of carbonyl (C=O) groups excluding carboxylic acids is 1. The van der Waals surface area contributed by atoms with Gasteiger partial charge in [-0.05, 0) is 69.8 Å². The molecular weight excluding hydrogens is 312 g/mol. The fraction of sp³-hybridized carbons (Fsp3) is 0.556. The van der Waals surface area contributed by atoms with Crippen LogP contribution in [0.5, 0.6) is 0 Å². The molecular formula is C18H25ClN2O2. The Bertz CT molecular complexity index is 541. The van der Waals surface area contributed by atoms with Crippen LogP contribution in [0.25, 0.3) is 0 Å². The highest BCUT2D eigenvalue weighted by Gasteiger charge is 2.17. The molecule has 0 aliphatic carbocycles. The number of halogens is 1. The minimum atomic E-state index is -0.318. The highest BCUT2D eigenvalue weighted by atomic mass is 35.5. The Kier molecular flexibility index (Phi) is 8.08. The molecule has 0 saturated carbocycles. The molecule has 0 radical (unpaired) electrons. The molecule has 1 heterocycles. The number of benzene rings is 1. The number of hydrogen-bond donors (Lipinski definition) is 1. The smallest absolute Gasteiger partial charge is 0.293 e. The average molecular weight is 337 g/mol. The van der Waals surface area contributed by atoms with Crippen molar-refractivity contribution in [2.45, 2.75) is 51.6 Å². The van der Waals surface area contributed by atoms with E-state index in [-0.39, 0.29) is 5.60 Å². The van der Waals surface area contributed by atoms with Gasteiger partial charge in [-0.2, -0.15) is 5.26 Å². The lowest BCUT2D eigenvalue weighted by Gasteiger charge is -2.24. The van der Waals surface area contributed by atoms with E-state index in [1.807, 2.05) is 32.9 Å². The summed E-state index contributed by atoms with van der Waals surface area (Å²) in [6.45, 7) is 8.06. The second-order valence-electron chi connectivity index (χ2n) is 6.54. The Morgan fingerprint density at radius 2 is 2.04 bits per heavy atom. The molecule has 5 heteroatoms. The lowest BCUT2D eigenvalue weighted by molar-refractivity contribution is -0.138. The molecule has 0 unspecified atom stereocenters. The maximum absolute atomic E-state index is 9.60. The van der Waals surface area contributed by atoms with E-state index in [0.717, 1.165) is 36.5 Å². The first-order valence-electron chi connectivity index (χ1n) is 7.85. The number of ether oxygens (including phenoxy) is 1. The van der Waals surface area contributed by atoms with Crippen molar-refractivity contribution in [2.24, 2.45) is 0 Å². The molecule has 1 fully saturated rings. The van der Waals surface area contributed by atoms with Gasteiger partial charge >= 0.3 is 0 Å². The molecule has 0 bridgehead atoms. The predicted octanol–water partition coefficient (Wildman–Crippen LogP) is 3.83. The summed E-state index contributed by atoms with van der Waals surface area (Å²) in [5.41, 5.74) is 1.93. The number of piperidine rings is 1. The molecule has 23 heavy (non-hydrogen) atoms. The van der Waals surface area contributed by atoms with Gasteiger partial charge in [0.15, 0.2) is 0 Å². The van der Waals surface area contributed by atoms with E-state index in [4.69, 9.17) is 16.9 Å². The minimum Gasteiger partial charge on any atom is -0.462 e. The van der Waals surface area contributed by atoms with E-state index >= 15 is 0 Å². The monoisotopic (exact) mass is 336 g/mol. The molecule has 1 aromatic carbocycles. The van der Waals surface area contributed by atoms with E-state index in [2.05, 4.69) is 22.2 Å². The van der Waals surface area contributed by atoms with Gasteiger partial charge in [0.05, 0.1) is 12.5 Å². The van der Waals surface area contributed by atoms with Gasteiger partial charge < -0.3 is 10.1 Å². The van der Waals surface area contributed by atoms with Gasteiger partial charge in [0.1, 0.15) is 5.60 Å². The third-order valence-corrected chi connectivity index (χ3v) is 3.86. The molecule has 126 valence electrons. The van der Waals surface area contributed by atoms with Crippen molar-refractivity contribution in [3.05, 3.63) is 34.3 Å². The molecule has 2 rings (SSSR count). The van der Waals surface area contributed by atoms with Crippen LogP contribution in [0.3, 0.4) is 0 Å². The summed E-state index contributed by atoms with van der Waals surface area (Å²) in [6, 6.07) is 8.18. The highest BCUT2D eigenvalue weighted by molar-refractivity contribution is 6.31. The van der Waals surface area contributed by atoms with Crippen molar-refractivity contribution in [3.8, 4) is 6.07 Å². The van der Waals surface area contributed by atoms with Crippen molar-refractivity contribution >= 4 is 18.1 Å². The SMILES string of the molecule is CC(C)(C)OC=O.N#CCc1ccc(C2CCNCC2)c(Cl)c1. The van der Waals surface area contributed by atoms with Gasteiger partial charge in [-0.1, -0.05) is 23.7 Å². The first-order valence-corrected chi connectivity index (χ1v) is 8.22. The summed E-state index contributed by atoms with van der Waals surface area (Å²) in [7, 11) is 0. The highest BCUT2D eigenvalue weighted by Crippen LogP contribution is 2.31. The fourth-order valence-electron chi connectivity index (χ4n) is 2.38. The quantitative estimate of drug-likeness (QED) is 0.852. The normalized spacial score (nSPS) is 15.1. The Labute approximate surface area is 143 Å². The predicted molar refractivity (Wildman–Crippen MR) is 92.5 cm³/mol. The number of rotatable bonds is 3. The van der Waals surface area contributed by atoms with Crippen molar-refractivity contribution in [1.82, 2.24) is 5.32 Å². The molecule has 4 nitrogen and oxygen atoms in total.